The van der Waals surface area contributed by atoms with Gasteiger partial charge in [-0.3, -0.25) is 62.3 Å². The first kappa shape index (κ1) is 134. The number of benzene rings is 1. The van der Waals surface area contributed by atoms with Crippen molar-refractivity contribution in [2.24, 2.45) is 11.7 Å². The van der Waals surface area contributed by atoms with Gasteiger partial charge in [0.1, 0.15) is 87.2 Å². The van der Waals surface area contributed by atoms with Gasteiger partial charge in [0.05, 0.1) is 232 Å². The topological polar surface area (TPSA) is 739 Å². The molecule has 0 spiro atoms. The molecule has 1 aromatic carbocycles. The van der Waals surface area contributed by atoms with Gasteiger partial charge in [0.15, 0.2) is 0 Å². The summed E-state index contributed by atoms with van der Waals surface area (Å²) in [4.78, 5) is 159. The van der Waals surface area contributed by atoms with Crippen molar-refractivity contribution in [3.05, 3.63) is 42.0 Å². The number of urea groups is 1. The van der Waals surface area contributed by atoms with Crippen LogP contribution < -0.4 is 58.5 Å². The number of nitrogens with zero attached hydrogens (tertiary/aromatic N) is 3. The number of nitrogens with two attached hydrogens (primary N) is 1. The number of likely N-dealkylation sites (N-methyl/N-ethyl adjacent to an activating group) is 1. The Kier molecular flexibility index (Phi) is 77.1. The summed E-state index contributed by atoms with van der Waals surface area (Å²) >= 11 is 0. The average Bonchev–Trinajstić information content (AvgIpc) is 1.86. The lowest BCUT2D eigenvalue weighted by Gasteiger charge is -2.33. The lowest BCUT2D eigenvalue weighted by atomic mass is 10.00. The molecule has 1 aromatic rings. The predicted octanol–water partition coefficient (Wildman–Crippen LogP) is -7.66. The van der Waals surface area contributed by atoms with Crippen LogP contribution in [0.1, 0.15) is 103 Å². The second-order valence-corrected chi connectivity index (χ2v) is 36.4. The summed E-state index contributed by atoms with van der Waals surface area (Å²) in [6, 6.07) is 0.362. The fourth-order valence-electron chi connectivity index (χ4n) is 13.1. The van der Waals surface area contributed by atoms with Gasteiger partial charge in [-0.05, 0) is 87.8 Å². The number of aliphatic hydroxyl groups excluding tert-OH is 11. The third kappa shape index (κ3) is 68.8. The standard InChI is InChI=1S/C92H166N13O40P/c1-67(2)83(91(126)101-72(16-13-27-97-92(93)127)88(123)98-69-20-18-68(62-106)19-21-69)102-90(125)71(100-89(124)70(99-78(114)17-7-6-12-29-104-81(117)22-23-82(104)118)14-8-11-26-95-79(115)65-143-59-58-131-33-28-96-80(116)66-145-146(128,129)144-35-31-105(3,4)5)15-9-10-25-94-77(113)24-32-130-36-38-133-40-42-135-44-46-137-48-50-139-52-54-141-56-57-142-55-53-140-51-49-138-47-45-136-43-41-134-39-37-132-34-30-103(60-73(109)84(119)86(121)75(111)63-107)61-74(110)85(120)87(122)76(112)64-108/h18-23,67,70-76,83-87,106-112,119-122H,6-17,24-66H2,1-5H3,(H11-,93,94,95,96,97,98,99,100,101,102,113,114,115,116,123,124,125,126,127,128,129)/t70-,71-,72-,73-,74-,75+,76+,83-,84+,85+,86+,87+/m0/s1. The van der Waals surface area contributed by atoms with E-state index in [0.717, 1.165) is 4.90 Å². The van der Waals surface area contributed by atoms with Crippen LogP contribution in [-0.4, -0.2) is 500 Å². The third-order valence-corrected chi connectivity index (χ3v) is 22.3. The number of hydrogen-bond donors (Lipinski definition) is 21. The Balaban J connectivity index is 1.78. The molecule has 12 amide bonds. The van der Waals surface area contributed by atoms with Crippen LogP contribution in [0.25, 0.3) is 0 Å². The summed E-state index contributed by atoms with van der Waals surface area (Å²) in [6.07, 6.45) is -9.86. The first-order chi connectivity index (χ1) is 69.9. The first-order valence-corrected chi connectivity index (χ1v) is 50.8. The number of phosphoric acid groups is 1. The third-order valence-electron chi connectivity index (χ3n) is 21.4. The molecule has 146 heavy (non-hydrogen) atoms. The maximum atomic E-state index is 14.7. The fraction of sp³-hybridized carbons (Fsp3) is 0.793. The zero-order valence-corrected chi connectivity index (χ0v) is 85.9. The van der Waals surface area contributed by atoms with Crippen LogP contribution in [0.5, 0.6) is 0 Å². The number of carbonyl (C=O) groups is 11. The molecule has 0 aliphatic carbocycles. The number of primary amides is 1. The summed E-state index contributed by atoms with van der Waals surface area (Å²) in [5.74, 6) is -6.55. The summed E-state index contributed by atoms with van der Waals surface area (Å²) in [5.41, 5.74) is 6.20. The van der Waals surface area contributed by atoms with E-state index in [-0.39, 0.29) is 196 Å². The molecule has 54 heteroatoms. The average molecular weight is 2130 g/mol. The van der Waals surface area contributed by atoms with Crippen molar-refractivity contribution >= 4 is 78.6 Å². The molecule has 53 nitrogen and oxygen atoms in total. The number of rotatable bonds is 97. The number of carbonyl (C=O) groups excluding carboxylic acids is 11. The normalized spacial score (nSPS) is 15.2. The van der Waals surface area contributed by atoms with E-state index in [9.17, 15) is 108 Å². The zero-order chi connectivity index (χ0) is 108. The molecule has 0 aromatic heterocycles. The number of amides is 12. The van der Waals surface area contributed by atoms with Crippen molar-refractivity contribution < 1.29 is 198 Å². The minimum Gasteiger partial charge on any atom is -0.756 e. The lowest BCUT2D eigenvalue weighted by Crippen LogP contribution is -2.59. The Hall–Kier alpha value is -7.84. The minimum atomic E-state index is -4.70. The van der Waals surface area contributed by atoms with Gasteiger partial charge in [-0.25, -0.2) is 4.79 Å². The molecular weight excluding hydrogens is 1960 g/mol. The molecular formula is C92H166N13O40P. The molecule has 13 atom stereocenters. The number of hydrogen-bond acceptors (Lipinski definition) is 41. The molecule has 0 saturated heterocycles. The number of phosphoric ester groups is 1. The van der Waals surface area contributed by atoms with E-state index in [1.165, 1.54) is 17.1 Å². The van der Waals surface area contributed by atoms with E-state index in [1.807, 2.05) is 21.1 Å². The fourth-order valence-corrected chi connectivity index (χ4v) is 13.7. The largest absolute Gasteiger partial charge is 0.756 e. The number of anilines is 1. The summed E-state index contributed by atoms with van der Waals surface area (Å²) in [7, 11) is 0.857. The van der Waals surface area contributed by atoms with Gasteiger partial charge in [-0.1, -0.05) is 32.4 Å². The van der Waals surface area contributed by atoms with Crippen molar-refractivity contribution in [1.82, 2.24) is 52.3 Å². The van der Waals surface area contributed by atoms with Gasteiger partial charge in [-0.15, -0.1) is 0 Å². The minimum absolute atomic E-state index is 0.00134. The molecule has 1 unspecified atom stereocenters. The smallest absolute Gasteiger partial charge is 0.312 e. The van der Waals surface area contributed by atoms with E-state index in [4.69, 9.17) is 86.8 Å². The van der Waals surface area contributed by atoms with Gasteiger partial charge in [0.25, 0.3) is 19.6 Å². The molecule has 22 N–H and O–H groups in total. The maximum Gasteiger partial charge on any atom is 0.312 e. The number of nitrogens with one attached hydrogen (secondary N) is 9. The maximum absolute atomic E-state index is 14.7. The van der Waals surface area contributed by atoms with E-state index in [0.29, 0.717) is 153 Å². The van der Waals surface area contributed by atoms with Crippen molar-refractivity contribution in [2.75, 3.05) is 297 Å². The van der Waals surface area contributed by atoms with Crippen molar-refractivity contribution in [3.63, 3.8) is 0 Å². The highest BCUT2D eigenvalue weighted by Gasteiger charge is 2.37. The molecule has 844 valence electrons. The van der Waals surface area contributed by atoms with Crippen LogP contribution in [0, 0.1) is 5.92 Å². The molecule has 0 bridgehead atoms. The van der Waals surface area contributed by atoms with Gasteiger partial charge in [0.2, 0.25) is 47.3 Å². The Morgan fingerprint density at radius 1 is 0.404 bits per heavy atom. The summed E-state index contributed by atoms with van der Waals surface area (Å²) < 4.78 is 99.2. The van der Waals surface area contributed by atoms with Gasteiger partial charge < -0.3 is 194 Å². The second-order valence-electron chi connectivity index (χ2n) is 35.0. The highest BCUT2D eigenvalue weighted by molar-refractivity contribution is 7.45. The van der Waals surface area contributed by atoms with Gasteiger partial charge in [0, 0.05) is 83.0 Å². The van der Waals surface area contributed by atoms with E-state index in [2.05, 4.69) is 52.4 Å². The predicted molar refractivity (Wildman–Crippen MR) is 519 cm³/mol. The molecule has 2 rings (SSSR count). The zero-order valence-electron chi connectivity index (χ0n) is 85.0. The Morgan fingerprint density at radius 2 is 0.795 bits per heavy atom. The van der Waals surface area contributed by atoms with Crippen LogP contribution in [-0.2, 0) is 134 Å². The number of imide groups is 1. The second kappa shape index (κ2) is 83.8. The van der Waals surface area contributed by atoms with Crippen LogP contribution in [0.15, 0.2) is 36.4 Å². The van der Waals surface area contributed by atoms with Crippen molar-refractivity contribution in [3.8, 4) is 0 Å². The SMILES string of the molecule is CC(C)[C@H](NC(=O)[C@H](CCCCNC(=O)CCOCCOCCOCCOCCOCCOCCOCCOCCOCCOCCOCCOCCN(C[C@H](O)[C@@H](O)[C@H](O)[C@H](O)CO)C[C@H](O)[C@@H](O)[C@H](O)[C@H](O)CO)NC(=O)[C@H](CCCCNC(=O)COCCOCCNC(=O)COP(=O)([O-])OCC[N+](C)(C)C)NC(=O)CCCCCN1C(=O)C=CC1=O)C(=O)N[C@@H](CCCNC(N)=O)C(=O)Nc1ccc(CO)cc1. The Morgan fingerprint density at radius 3 is 1.25 bits per heavy atom. The Labute approximate surface area is 853 Å². The first-order valence-electron chi connectivity index (χ1n) is 49.4. The molecule has 0 saturated carbocycles. The summed E-state index contributed by atoms with van der Waals surface area (Å²) in [6.45, 7) is 6.99. The molecule has 1 aliphatic rings. The molecule has 0 radical (unpaired) electrons. The van der Waals surface area contributed by atoms with Crippen molar-refractivity contribution in [2.45, 2.75) is 177 Å². The van der Waals surface area contributed by atoms with Gasteiger partial charge in [-0.2, -0.15) is 0 Å². The number of unbranched alkanes of at least 4 members (excludes halogenated alkanes) is 4. The highest BCUT2D eigenvalue weighted by Crippen LogP contribution is 2.38. The summed E-state index contributed by atoms with van der Waals surface area (Å²) in [5, 5.41) is 133. The van der Waals surface area contributed by atoms with E-state index >= 15 is 0 Å². The number of ether oxygens (including phenoxy) is 14. The van der Waals surface area contributed by atoms with E-state index < -0.39 is 179 Å². The molecule has 0 fully saturated rings. The lowest BCUT2D eigenvalue weighted by molar-refractivity contribution is -0.870. The molecule has 1 heterocycles. The monoisotopic (exact) mass is 2120 g/mol. The van der Waals surface area contributed by atoms with Crippen LogP contribution in [0.2, 0.25) is 0 Å². The van der Waals surface area contributed by atoms with E-state index in [1.54, 1.807) is 38.1 Å². The van der Waals surface area contributed by atoms with Crippen molar-refractivity contribution in [1.29, 1.82) is 0 Å². The van der Waals surface area contributed by atoms with Gasteiger partial charge >= 0.3 is 6.03 Å². The van der Waals surface area contributed by atoms with Crippen LogP contribution >= 0.6 is 7.82 Å². The Bertz CT molecular complexity index is 3720. The van der Waals surface area contributed by atoms with Crippen LogP contribution in [0.4, 0.5) is 10.5 Å². The number of quaternary nitrogens is 1. The van der Waals surface area contributed by atoms with Crippen LogP contribution in [0.3, 0.4) is 0 Å². The highest BCUT2D eigenvalue weighted by atomic mass is 31.2. The number of aliphatic hydroxyl groups is 11. The molecule has 1 aliphatic heterocycles. The quantitative estimate of drug-likeness (QED) is 0.0125.